The molecular weight excluding hydrogens is 325 g/mol. The van der Waals surface area contributed by atoms with Gasteiger partial charge in [0.05, 0.1) is 11.8 Å². The number of nitrogens with zero attached hydrogens (tertiary/aromatic N) is 2. The molecule has 0 aliphatic rings. The van der Waals surface area contributed by atoms with Crippen LogP contribution in [-0.2, 0) is 6.54 Å². The van der Waals surface area contributed by atoms with E-state index in [1.807, 2.05) is 0 Å². The number of furan rings is 1. The molecule has 4 rings (SSSR count). The fraction of sp³-hybridized carbons (Fsp3) is 0.111. The standard InChI is InChI=1S/C18H14FN3O3/c1-11-7-17(21-25-11)20-18(23)15-9-16-14(5-6-24-16)22(15)10-12-3-2-4-13(19)8-12/h2-9H,10H2,1H3,(H,20,21,23). The largest absolute Gasteiger partial charge is 0.463 e. The van der Waals surface area contributed by atoms with E-state index in [2.05, 4.69) is 10.5 Å². The number of benzene rings is 1. The number of anilines is 1. The summed E-state index contributed by atoms with van der Waals surface area (Å²) in [6, 6.07) is 11.3. The first-order chi connectivity index (χ1) is 12.1. The molecule has 3 aromatic heterocycles. The lowest BCUT2D eigenvalue weighted by molar-refractivity contribution is 0.101. The van der Waals surface area contributed by atoms with Gasteiger partial charge in [-0.15, -0.1) is 0 Å². The maximum absolute atomic E-state index is 13.5. The van der Waals surface area contributed by atoms with E-state index in [-0.39, 0.29) is 11.7 Å². The number of hydrogen-bond acceptors (Lipinski definition) is 4. The van der Waals surface area contributed by atoms with Gasteiger partial charge in [-0.25, -0.2) is 4.39 Å². The van der Waals surface area contributed by atoms with Gasteiger partial charge < -0.3 is 18.8 Å². The maximum atomic E-state index is 13.5. The predicted octanol–water partition coefficient (Wildman–Crippen LogP) is 3.97. The Hall–Kier alpha value is -3.35. The van der Waals surface area contributed by atoms with E-state index in [1.54, 1.807) is 48.1 Å². The molecule has 25 heavy (non-hydrogen) atoms. The molecule has 7 heteroatoms. The Morgan fingerprint density at radius 1 is 1.28 bits per heavy atom. The van der Waals surface area contributed by atoms with Gasteiger partial charge in [-0.05, 0) is 24.6 Å². The minimum atomic E-state index is -0.351. The van der Waals surface area contributed by atoms with Crippen LogP contribution >= 0.6 is 0 Å². The van der Waals surface area contributed by atoms with Crippen LogP contribution in [0.3, 0.4) is 0 Å². The Bertz CT molecular complexity index is 1060. The van der Waals surface area contributed by atoms with Crippen LogP contribution in [-0.4, -0.2) is 15.6 Å². The van der Waals surface area contributed by atoms with Crippen molar-refractivity contribution in [1.29, 1.82) is 0 Å². The Morgan fingerprint density at radius 2 is 2.16 bits per heavy atom. The molecule has 0 aliphatic carbocycles. The van der Waals surface area contributed by atoms with Crippen molar-refractivity contribution in [2.45, 2.75) is 13.5 Å². The molecule has 0 spiro atoms. The molecule has 126 valence electrons. The molecule has 0 saturated heterocycles. The summed E-state index contributed by atoms with van der Waals surface area (Å²) in [6.45, 7) is 2.07. The Kier molecular flexibility index (Phi) is 3.61. The molecule has 6 nitrogen and oxygen atoms in total. The van der Waals surface area contributed by atoms with Crippen molar-refractivity contribution >= 4 is 22.8 Å². The smallest absolute Gasteiger partial charge is 0.273 e. The SMILES string of the molecule is Cc1cc(NC(=O)c2cc3occc3n2Cc2cccc(F)c2)no1. The van der Waals surface area contributed by atoms with E-state index >= 15 is 0 Å². The average Bonchev–Trinajstić information content (AvgIpc) is 3.25. The van der Waals surface area contributed by atoms with Crippen molar-refractivity contribution in [2.75, 3.05) is 5.32 Å². The van der Waals surface area contributed by atoms with Crippen LogP contribution in [0, 0.1) is 12.7 Å². The molecule has 0 saturated carbocycles. The zero-order valence-corrected chi connectivity index (χ0v) is 13.3. The Morgan fingerprint density at radius 3 is 2.92 bits per heavy atom. The van der Waals surface area contributed by atoms with E-state index in [9.17, 15) is 9.18 Å². The minimum Gasteiger partial charge on any atom is -0.463 e. The van der Waals surface area contributed by atoms with E-state index in [1.165, 1.54) is 12.1 Å². The molecule has 0 aliphatic heterocycles. The monoisotopic (exact) mass is 339 g/mol. The topological polar surface area (TPSA) is 73.2 Å². The fourth-order valence-corrected chi connectivity index (χ4v) is 2.76. The van der Waals surface area contributed by atoms with Gasteiger partial charge in [0.2, 0.25) is 0 Å². The number of nitrogens with one attached hydrogen (secondary N) is 1. The first-order valence-electron chi connectivity index (χ1n) is 7.66. The third kappa shape index (κ3) is 2.91. The summed E-state index contributed by atoms with van der Waals surface area (Å²) in [5.41, 5.74) is 2.47. The fourth-order valence-electron chi connectivity index (χ4n) is 2.76. The van der Waals surface area contributed by atoms with Crippen LogP contribution in [0.2, 0.25) is 0 Å². The number of rotatable bonds is 4. The van der Waals surface area contributed by atoms with Crippen molar-refractivity contribution in [3.8, 4) is 0 Å². The van der Waals surface area contributed by atoms with Gasteiger partial charge in [0, 0.05) is 24.7 Å². The lowest BCUT2D eigenvalue weighted by Crippen LogP contribution is -2.17. The zero-order chi connectivity index (χ0) is 17.4. The molecule has 0 unspecified atom stereocenters. The number of halogens is 1. The summed E-state index contributed by atoms with van der Waals surface area (Å²) < 4.78 is 25.6. The highest BCUT2D eigenvalue weighted by molar-refractivity contribution is 6.05. The summed E-state index contributed by atoms with van der Waals surface area (Å²) in [4.78, 5) is 12.6. The molecule has 1 aromatic carbocycles. The second kappa shape index (κ2) is 5.94. The van der Waals surface area contributed by atoms with Gasteiger partial charge >= 0.3 is 0 Å². The van der Waals surface area contributed by atoms with Crippen LogP contribution in [0.15, 0.2) is 57.7 Å². The van der Waals surface area contributed by atoms with E-state index in [4.69, 9.17) is 8.94 Å². The number of amides is 1. The highest BCUT2D eigenvalue weighted by Gasteiger charge is 2.19. The highest BCUT2D eigenvalue weighted by Crippen LogP contribution is 2.23. The van der Waals surface area contributed by atoms with E-state index in [0.29, 0.717) is 29.4 Å². The molecule has 0 radical (unpaired) electrons. The molecule has 0 bridgehead atoms. The van der Waals surface area contributed by atoms with Crippen LogP contribution in [0.1, 0.15) is 21.8 Å². The third-order valence-corrected chi connectivity index (χ3v) is 3.85. The predicted molar refractivity (Wildman–Crippen MR) is 88.9 cm³/mol. The molecule has 3 heterocycles. The number of carbonyl (C=O) groups excluding carboxylic acids is 1. The van der Waals surface area contributed by atoms with Crippen LogP contribution < -0.4 is 5.32 Å². The van der Waals surface area contributed by atoms with Crippen LogP contribution in [0.4, 0.5) is 10.2 Å². The van der Waals surface area contributed by atoms with Crippen molar-refractivity contribution in [1.82, 2.24) is 9.72 Å². The lowest BCUT2D eigenvalue weighted by Gasteiger charge is -2.10. The summed E-state index contributed by atoms with van der Waals surface area (Å²) >= 11 is 0. The van der Waals surface area contributed by atoms with Gasteiger partial charge in [0.25, 0.3) is 5.91 Å². The molecule has 1 amide bonds. The summed E-state index contributed by atoms with van der Waals surface area (Å²) in [5, 5.41) is 6.45. The van der Waals surface area contributed by atoms with E-state index < -0.39 is 0 Å². The maximum Gasteiger partial charge on any atom is 0.273 e. The molecule has 0 fully saturated rings. The van der Waals surface area contributed by atoms with Gasteiger partial charge in [-0.2, -0.15) is 0 Å². The summed E-state index contributed by atoms with van der Waals surface area (Å²) in [7, 11) is 0. The van der Waals surface area contributed by atoms with Crippen molar-refractivity contribution in [3.05, 3.63) is 71.6 Å². The Labute approximate surface area is 141 Å². The van der Waals surface area contributed by atoms with E-state index in [0.717, 1.165) is 11.1 Å². The zero-order valence-electron chi connectivity index (χ0n) is 13.3. The van der Waals surface area contributed by atoms with Crippen LogP contribution in [0.5, 0.6) is 0 Å². The average molecular weight is 339 g/mol. The quantitative estimate of drug-likeness (QED) is 0.610. The molecule has 1 N–H and O–H groups in total. The first-order valence-corrected chi connectivity index (χ1v) is 7.66. The van der Waals surface area contributed by atoms with Gasteiger partial charge in [0.1, 0.15) is 17.3 Å². The summed E-state index contributed by atoms with van der Waals surface area (Å²) in [6.07, 6.45) is 1.55. The highest BCUT2D eigenvalue weighted by atomic mass is 19.1. The number of aryl methyl sites for hydroxylation is 1. The van der Waals surface area contributed by atoms with Crippen molar-refractivity contribution < 1.29 is 18.1 Å². The van der Waals surface area contributed by atoms with Gasteiger partial charge in [-0.3, -0.25) is 4.79 Å². The van der Waals surface area contributed by atoms with Crippen LogP contribution in [0.25, 0.3) is 11.1 Å². The molecule has 0 atom stereocenters. The summed E-state index contributed by atoms with van der Waals surface area (Å²) in [5.74, 6) is 0.255. The number of fused-ring (bicyclic) bond motifs is 1. The first kappa shape index (κ1) is 15.2. The minimum absolute atomic E-state index is 0.322. The molecule has 4 aromatic rings. The van der Waals surface area contributed by atoms with Gasteiger partial charge in [-0.1, -0.05) is 17.3 Å². The molecular formula is C18H14FN3O3. The van der Waals surface area contributed by atoms with Crippen molar-refractivity contribution in [2.24, 2.45) is 0 Å². The second-order valence-electron chi connectivity index (χ2n) is 5.69. The lowest BCUT2D eigenvalue weighted by atomic mass is 10.2. The number of hydrogen-bond donors (Lipinski definition) is 1. The Balaban J connectivity index is 1.70. The van der Waals surface area contributed by atoms with Crippen molar-refractivity contribution in [3.63, 3.8) is 0 Å². The third-order valence-electron chi connectivity index (χ3n) is 3.85. The van der Waals surface area contributed by atoms with Gasteiger partial charge in [0.15, 0.2) is 11.4 Å². The second-order valence-corrected chi connectivity index (χ2v) is 5.69. The number of carbonyl (C=O) groups is 1. The number of aromatic nitrogens is 2. The normalized spacial score (nSPS) is 11.1.